The van der Waals surface area contributed by atoms with Crippen molar-refractivity contribution < 1.29 is 22.7 Å². The third-order valence-electron chi connectivity index (χ3n) is 6.85. The Morgan fingerprint density at radius 1 is 1.15 bits per heavy atom. The molecule has 2 fully saturated rings. The molecule has 2 aromatic carbocycles. The van der Waals surface area contributed by atoms with E-state index in [2.05, 4.69) is 6.92 Å². The Morgan fingerprint density at radius 2 is 1.82 bits per heavy atom. The maximum atomic E-state index is 13.8. The van der Waals surface area contributed by atoms with Crippen LogP contribution in [0.5, 0.6) is 5.75 Å². The summed E-state index contributed by atoms with van der Waals surface area (Å²) in [5.41, 5.74) is 2.14. The molecule has 184 valence electrons. The first-order valence-corrected chi connectivity index (χ1v) is 13.4. The molecule has 1 saturated carbocycles. The number of hydrogen-bond acceptors (Lipinski definition) is 5. The molecule has 1 aliphatic carbocycles. The number of benzene rings is 2. The van der Waals surface area contributed by atoms with Crippen LogP contribution in [0.1, 0.15) is 48.2 Å². The molecular weight excluding hydrogens is 452 g/mol. The second-order valence-electron chi connectivity index (χ2n) is 9.05. The Labute approximate surface area is 202 Å². The van der Waals surface area contributed by atoms with E-state index in [0.29, 0.717) is 50.8 Å². The fourth-order valence-corrected chi connectivity index (χ4v) is 6.20. The highest BCUT2D eigenvalue weighted by Gasteiger charge is 2.35. The zero-order chi connectivity index (χ0) is 24.3. The van der Waals surface area contributed by atoms with Gasteiger partial charge in [0.15, 0.2) is 0 Å². The smallest absolute Gasteiger partial charge is 0.254 e. The molecule has 0 spiro atoms. The molecule has 0 N–H and O–H groups in total. The Morgan fingerprint density at radius 3 is 2.41 bits per heavy atom. The lowest BCUT2D eigenvalue weighted by atomic mass is 10.1. The van der Waals surface area contributed by atoms with Gasteiger partial charge in [0.25, 0.3) is 5.91 Å². The molecule has 4 rings (SSSR count). The Hall–Kier alpha value is -2.42. The Balaban J connectivity index is 1.66. The minimum Gasteiger partial charge on any atom is -0.497 e. The second-order valence-corrected chi connectivity index (χ2v) is 11.0. The molecule has 2 aromatic rings. The van der Waals surface area contributed by atoms with Gasteiger partial charge in [-0.05, 0) is 67.5 Å². The van der Waals surface area contributed by atoms with Crippen LogP contribution in [0.4, 0.5) is 0 Å². The van der Waals surface area contributed by atoms with E-state index in [4.69, 9.17) is 9.47 Å². The maximum Gasteiger partial charge on any atom is 0.254 e. The number of ether oxygens (including phenoxy) is 2. The molecule has 1 heterocycles. The van der Waals surface area contributed by atoms with Crippen molar-refractivity contribution in [2.24, 2.45) is 5.92 Å². The van der Waals surface area contributed by atoms with E-state index >= 15 is 0 Å². The monoisotopic (exact) mass is 486 g/mol. The highest BCUT2D eigenvalue weighted by Crippen LogP contribution is 2.36. The molecule has 34 heavy (non-hydrogen) atoms. The predicted molar refractivity (Wildman–Crippen MR) is 130 cm³/mol. The van der Waals surface area contributed by atoms with Gasteiger partial charge >= 0.3 is 0 Å². The number of carbonyl (C=O) groups is 1. The summed E-state index contributed by atoms with van der Waals surface area (Å²) >= 11 is 0. The van der Waals surface area contributed by atoms with E-state index in [1.54, 1.807) is 25.3 Å². The first-order valence-electron chi connectivity index (χ1n) is 12.0. The van der Waals surface area contributed by atoms with Gasteiger partial charge in [0, 0.05) is 31.2 Å². The van der Waals surface area contributed by atoms with Crippen molar-refractivity contribution in [3.05, 3.63) is 59.2 Å². The van der Waals surface area contributed by atoms with E-state index in [1.807, 2.05) is 36.1 Å². The van der Waals surface area contributed by atoms with E-state index < -0.39 is 10.0 Å². The Bertz CT molecular complexity index is 1110. The third-order valence-corrected chi connectivity index (χ3v) is 8.83. The van der Waals surface area contributed by atoms with E-state index in [9.17, 15) is 13.2 Å². The van der Waals surface area contributed by atoms with Gasteiger partial charge in [0.1, 0.15) is 5.75 Å². The van der Waals surface area contributed by atoms with Crippen molar-refractivity contribution in [2.45, 2.75) is 50.6 Å². The molecular formula is C26H34N2O5S. The zero-order valence-corrected chi connectivity index (χ0v) is 21.0. The van der Waals surface area contributed by atoms with Crippen molar-refractivity contribution >= 4 is 15.9 Å². The summed E-state index contributed by atoms with van der Waals surface area (Å²) in [4.78, 5) is 15.9. The topological polar surface area (TPSA) is 76.2 Å². The van der Waals surface area contributed by atoms with Gasteiger partial charge in [-0.3, -0.25) is 4.79 Å². The van der Waals surface area contributed by atoms with Crippen molar-refractivity contribution in [1.29, 1.82) is 0 Å². The molecule has 1 amide bonds. The highest BCUT2D eigenvalue weighted by molar-refractivity contribution is 7.89. The van der Waals surface area contributed by atoms with Crippen LogP contribution >= 0.6 is 0 Å². The SMILES string of the molecule is CCc1ccc(C(=O)N(Cc2ccc(OC)cc2)C(C)C2CC2)cc1S(=O)(=O)N1CCOCC1. The van der Waals surface area contributed by atoms with Crippen LogP contribution in [0.25, 0.3) is 0 Å². The summed E-state index contributed by atoms with van der Waals surface area (Å²) in [5.74, 6) is 1.11. The number of carbonyl (C=O) groups excluding carboxylic acids is 1. The molecule has 0 radical (unpaired) electrons. The zero-order valence-electron chi connectivity index (χ0n) is 20.2. The van der Waals surface area contributed by atoms with Crippen LogP contribution in [0, 0.1) is 5.92 Å². The van der Waals surface area contributed by atoms with E-state index in [0.717, 1.165) is 29.7 Å². The minimum atomic E-state index is -3.71. The van der Waals surface area contributed by atoms with Crippen LogP contribution < -0.4 is 4.74 Å². The van der Waals surface area contributed by atoms with Gasteiger partial charge in [-0.1, -0.05) is 25.1 Å². The number of aryl methyl sites for hydroxylation is 1. The number of rotatable bonds is 9. The second kappa shape index (κ2) is 10.5. The molecule has 7 nitrogen and oxygen atoms in total. The van der Waals surface area contributed by atoms with Crippen molar-refractivity contribution in [3.8, 4) is 5.75 Å². The molecule has 0 bridgehead atoms. The average Bonchev–Trinajstić information content (AvgIpc) is 3.72. The lowest BCUT2D eigenvalue weighted by molar-refractivity contribution is 0.0653. The lowest BCUT2D eigenvalue weighted by Gasteiger charge is -2.30. The highest BCUT2D eigenvalue weighted by atomic mass is 32.2. The number of methoxy groups -OCH3 is 1. The summed E-state index contributed by atoms with van der Waals surface area (Å²) in [6, 6.07) is 12.9. The fraction of sp³-hybridized carbons (Fsp3) is 0.500. The van der Waals surface area contributed by atoms with Crippen molar-refractivity contribution in [2.75, 3.05) is 33.4 Å². The Kier molecular flexibility index (Phi) is 7.60. The van der Waals surface area contributed by atoms with Gasteiger partial charge in [0.05, 0.1) is 25.2 Å². The van der Waals surface area contributed by atoms with Crippen molar-refractivity contribution in [3.63, 3.8) is 0 Å². The number of amides is 1. The summed E-state index contributed by atoms with van der Waals surface area (Å²) in [7, 11) is -2.08. The van der Waals surface area contributed by atoms with Gasteiger partial charge < -0.3 is 14.4 Å². The van der Waals surface area contributed by atoms with Gasteiger partial charge in [-0.2, -0.15) is 4.31 Å². The number of nitrogens with zero attached hydrogens (tertiary/aromatic N) is 2. The molecule has 8 heteroatoms. The molecule has 1 atom stereocenters. The van der Waals surface area contributed by atoms with E-state index in [1.165, 1.54) is 4.31 Å². The number of morpholine rings is 1. The van der Waals surface area contributed by atoms with Crippen LogP contribution in [0.3, 0.4) is 0 Å². The number of hydrogen-bond donors (Lipinski definition) is 0. The third kappa shape index (κ3) is 5.29. The normalized spacial score (nSPS) is 17.9. The van der Waals surface area contributed by atoms with Gasteiger partial charge in [-0.15, -0.1) is 0 Å². The van der Waals surface area contributed by atoms with Crippen LogP contribution in [-0.2, 0) is 27.7 Å². The molecule has 1 aliphatic heterocycles. The van der Waals surface area contributed by atoms with Gasteiger partial charge in [0.2, 0.25) is 10.0 Å². The minimum absolute atomic E-state index is 0.0692. The summed E-state index contributed by atoms with van der Waals surface area (Å²) in [6.45, 7) is 5.90. The van der Waals surface area contributed by atoms with E-state index in [-0.39, 0.29) is 16.8 Å². The average molecular weight is 487 g/mol. The summed E-state index contributed by atoms with van der Waals surface area (Å²) < 4.78 is 38.9. The standard InChI is InChI=1S/C26H34N2O5S/c1-4-21-7-10-23(17-25(21)34(30,31)27-13-15-33-16-14-27)26(29)28(19(2)22-8-9-22)18-20-5-11-24(32-3)12-6-20/h5-7,10-12,17,19,22H,4,8-9,13-16,18H2,1-3H3. The van der Waals surface area contributed by atoms with Crippen LogP contribution in [0.15, 0.2) is 47.4 Å². The quantitative estimate of drug-likeness (QED) is 0.540. The first kappa shape index (κ1) is 24.7. The summed E-state index contributed by atoms with van der Waals surface area (Å²) in [5, 5.41) is 0. The summed E-state index contributed by atoms with van der Waals surface area (Å²) in [6.07, 6.45) is 2.79. The lowest BCUT2D eigenvalue weighted by Crippen LogP contribution is -2.41. The van der Waals surface area contributed by atoms with Crippen LogP contribution in [0.2, 0.25) is 0 Å². The fourth-order valence-electron chi connectivity index (χ4n) is 4.47. The molecule has 1 saturated heterocycles. The maximum absolute atomic E-state index is 13.8. The molecule has 0 aromatic heterocycles. The van der Waals surface area contributed by atoms with Crippen molar-refractivity contribution in [1.82, 2.24) is 9.21 Å². The number of sulfonamides is 1. The first-order chi connectivity index (χ1) is 16.3. The van der Waals surface area contributed by atoms with Gasteiger partial charge in [-0.25, -0.2) is 8.42 Å². The van der Waals surface area contributed by atoms with Crippen LogP contribution in [-0.4, -0.2) is 63.0 Å². The molecule has 2 aliphatic rings. The predicted octanol–water partition coefficient (Wildman–Crippen LogP) is 3.72. The largest absolute Gasteiger partial charge is 0.497 e. The molecule has 1 unspecified atom stereocenters.